The van der Waals surface area contributed by atoms with E-state index in [1.807, 2.05) is 12.1 Å². The molecule has 0 radical (unpaired) electrons. The molecule has 22 heavy (non-hydrogen) atoms. The first-order valence-corrected chi connectivity index (χ1v) is 8.52. The summed E-state index contributed by atoms with van der Waals surface area (Å²) in [6.45, 7) is 2.16. The van der Waals surface area contributed by atoms with Gasteiger partial charge in [-0.2, -0.15) is 0 Å². The molecule has 120 valence electrons. The van der Waals surface area contributed by atoms with Crippen molar-refractivity contribution in [2.75, 3.05) is 13.1 Å². The smallest absolute Gasteiger partial charge is 0.251 e. The zero-order valence-corrected chi connectivity index (χ0v) is 13.1. The summed E-state index contributed by atoms with van der Waals surface area (Å²) < 4.78 is 0. The maximum absolute atomic E-state index is 12.3. The van der Waals surface area contributed by atoms with Gasteiger partial charge in [-0.25, -0.2) is 0 Å². The largest absolute Gasteiger partial charge is 0.393 e. The van der Waals surface area contributed by atoms with E-state index in [0.717, 1.165) is 44.3 Å². The number of amides is 1. The molecule has 1 saturated carbocycles. The lowest BCUT2D eigenvalue weighted by molar-refractivity contribution is 0.0867. The molecular formula is C18H26N2O2. The number of nitrogens with one attached hydrogen (secondary N) is 2. The van der Waals surface area contributed by atoms with E-state index in [1.54, 1.807) is 0 Å². The SMILES string of the molecule is O=C(NC1CCC(O)CC1)c1ccc(C2CCCNC2)cc1. The van der Waals surface area contributed by atoms with E-state index >= 15 is 0 Å². The summed E-state index contributed by atoms with van der Waals surface area (Å²) in [5.74, 6) is 0.584. The van der Waals surface area contributed by atoms with Crippen molar-refractivity contribution >= 4 is 5.91 Å². The van der Waals surface area contributed by atoms with Crippen LogP contribution in [0.5, 0.6) is 0 Å². The Morgan fingerprint density at radius 1 is 1.09 bits per heavy atom. The molecule has 1 aromatic carbocycles. The Morgan fingerprint density at radius 3 is 2.45 bits per heavy atom. The maximum atomic E-state index is 12.3. The number of hydrogen-bond acceptors (Lipinski definition) is 3. The van der Waals surface area contributed by atoms with Crippen molar-refractivity contribution in [1.82, 2.24) is 10.6 Å². The number of hydrogen-bond donors (Lipinski definition) is 3. The van der Waals surface area contributed by atoms with Crippen molar-refractivity contribution in [3.05, 3.63) is 35.4 Å². The summed E-state index contributed by atoms with van der Waals surface area (Å²) >= 11 is 0. The first-order valence-electron chi connectivity index (χ1n) is 8.52. The Balaban J connectivity index is 1.56. The van der Waals surface area contributed by atoms with Crippen molar-refractivity contribution in [3.63, 3.8) is 0 Å². The van der Waals surface area contributed by atoms with E-state index in [1.165, 1.54) is 18.4 Å². The molecule has 1 aliphatic carbocycles. The van der Waals surface area contributed by atoms with Crippen LogP contribution in [0.1, 0.15) is 60.4 Å². The summed E-state index contributed by atoms with van der Waals surface area (Å²) in [6, 6.07) is 8.28. The molecule has 1 unspecified atom stereocenters. The maximum Gasteiger partial charge on any atom is 0.251 e. The molecule has 1 heterocycles. The predicted octanol–water partition coefficient (Wildman–Crippen LogP) is 2.19. The van der Waals surface area contributed by atoms with Crippen LogP contribution in [-0.2, 0) is 0 Å². The standard InChI is InChI=1S/C18H26N2O2/c21-17-9-7-16(8-10-17)20-18(22)14-5-3-13(4-6-14)15-2-1-11-19-12-15/h3-6,15-17,19,21H,1-2,7-12H2,(H,20,22). The molecule has 1 atom stereocenters. The topological polar surface area (TPSA) is 61.4 Å². The summed E-state index contributed by atoms with van der Waals surface area (Å²) in [5.41, 5.74) is 2.06. The van der Waals surface area contributed by atoms with E-state index in [-0.39, 0.29) is 18.1 Å². The highest BCUT2D eigenvalue weighted by molar-refractivity contribution is 5.94. The van der Waals surface area contributed by atoms with Crippen LogP contribution in [0.3, 0.4) is 0 Å². The van der Waals surface area contributed by atoms with E-state index < -0.39 is 0 Å². The number of benzene rings is 1. The average Bonchev–Trinajstić information content (AvgIpc) is 2.58. The summed E-state index contributed by atoms with van der Waals surface area (Å²) in [6.07, 6.45) is 5.59. The number of carbonyl (C=O) groups is 1. The molecule has 0 bridgehead atoms. The van der Waals surface area contributed by atoms with Gasteiger partial charge in [-0.3, -0.25) is 4.79 Å². The summed E-state index contributed by atoms with van der Waals surface area (Å²) in [5, 5.41) is 16.0. The Kier molecular flexibility index (Phi) is 5.11. The quantitative estimate of drug-likeness (QED) is 0.802. The van der Waals surface area contributed by atoms with Crippen LogP contribution in [0.15, 0.2) is 24.3 Å². The zero-order chi connectivity index (χ0) is 15.4. The molecule has 4 nitrogen and oxygen atoms in total. The zero-order valence-electron chi connectivity index (χ0n) is 13.1. The van der Waals surface area contributed by atoms with Crippen molar-refractivity contribution < 1.29 is 9.90 Å². The minimum absolute atomic E-state index is 0.00899. The van der Waals surface area contributed by atoms with Gasteiger partial charge < -0.3 is 15.7 Å². The highest BCUT2D eigenvalue weighted by Gasteiger charge is 2.21. The van der Waals surface area contributed by atoms with Crippen LogP contribution in [0, 0.1) is 0 Å². The van der Waals surface area contributed by atoms with Gasteiger partial charge in [0.25, 0.3) is 5.91 Å². The number of rotatable bonds is 3. The van der Waals surface area contributed by atoms with Gasteiger partial charge in [0.05, 0.1) is 6.10 Å². The lowest BCUT2D eigenvalue weighted by Crippen LogP contribution is -2.38. The van der Waals surface area contributed by atoms with Gasteiger partial charge in [0.15, 0.2) is 0 Å². The molecular weight excluding hydrogens is 276 g/mol. The minimum atomic E-state index is -0.184. The molecule has 1 aromatic rings. The average molecular weight is 302 g/mol. The van der Waals surface area contributed by atoms with Gasteiger partial charge in [0, 0.05) is 18.2 Å². The van der Waals surface area contributed by atoms with Crippen LogP contribution < -0.4 is 10.6 Å². The molecule has 2 fully saturated rings. The van der Waals surface area contributed by atoms with E-state index in [9.17, 15) is 9.90 Å². The first-order chi connectivity index (χ1) is 10.7. The van der Waals surface area contributed by atoms with Gasteiger partial charge in [0.1, 0.15) is 0 Å². The minimum Gasteiger partial charge on any atom is -0.393 e. The highest BCUT2D eigenvalue weighted by Crippen LogP contribution is 2.23. The monoisotopic (exact) mass is 302 g/mol. The third-order valence-corrected chi connectivity index (χ3v) is 4.97. The van der Waals surface area contributed by atoms with Gasteiger partial charge in [-0.15, -0.1) is 0 Å². The van der Waals surface area contributed by atoms with Crippen molar-refractivity contribution in [2.45, 2.75) is 56.6 Å². The van der Waals surface area contributed by atoms with E-state index in [2.05, 4.69) is 22.8 Å². The molecule has 1 aliphatic heterocycles. The predicted molar refractivity (Wildman–Crippen MR) is 87.0 cm³/mol. The van der Waals surface area contributed by atoms with Crippen LogP contribution >= 0.6 is 0 Å². The second kappa shape index (κ2) is 7.25. The van der Waals surface area contributed by atoms with Crippen LogP contribution in [0.25, 0.3) is 0 Å². The van der Waals surface area contributed by atoms with Crippen LogP contribution in [0.4, 0.5) is 0 Å². The first kappa shape index (κ1) is 15.5. The second-order valence-electron chi connectivity index (χ2n) is 6.64. The van der Waals surface area contributed by atoms with Crippen molar-refractivity contribution in [1.29, 1.82) is 0 Å². The van der Waals surface area contributed by atoms with Gasteiger partial charge in [0.2, 0.25) is 0 Å². The molecule has 0 aromatic heterocycles. The van der Waals surface area contributed by atoms with E-state index in [0.29, 0.717) is 5.92 Å². The molecule has 4 heteroatoms. The fraction of sp³-hybridized carbons (Fsp3) is 0.611. The normalized spacial score (nSPS) is 29.0. The van der Waals surface area contributed by atoms with Crippen molar-refractivity contribution in [3.8, 4) is 0 Å². The number of aliphatic hydroxyl groups excluding tert-OH is 1. The second-order valence-corrected chi connectivity index (χ2v) is 6.64. The Morgan fingerprint density at radius 2 is 1.82 bits per heavy atom. The van der Waals surface area contributed by atoms with E-state index in [4.69, 9.17) is 0 Å². The third kappa shape index (κ3) is 3.87. The lowest BCUT2D eigenvalue weighted by atomic mass is 9.91. The van der Waals surface area contributed by atoms with Gasteiger partial charge >= 0.3 is 0 Å². The number of carbonyl (C=O) groups excluding carboxylic acids is 1. The van der Waals surface area contributed by atoms with Crippen LogP contribution in [-0.4, -0.2) is 36.2 Å². The third-order valence-electron chi connectivity index (χ3n) is 4.97. The molecule has 1 saturated heterocycles. The van der Waals surface area contributed by atoms with Gasteiger partial charge in [-0.05, 0) is 68.7 Å². The van der Waals surface area contributed by atoms with Crippen molar-refractivity contribution in [2.24, 2.45) is 0 Å². The number of piperidine rings is 1. The molecule has 0 spiro atoms. The fourth-order valence-electron chi connectivity index (χ4n) is 3.53. The molecule has 3 rings (SSSR count). The Labute approximate surface area is 132 Å². The fourth-order valence-corrected chi connectivity index (χ4v) is 3.53. The number of aliphatic hydroxyl groups is 1. The summed E-state index contributed by atoms with van der Waals surface area (Å²) in [7, 11) is 0. The molecule has 2 aliphatic rings. The molecule has 3 N–H and O–H groups in total. The summed E-state index contributed by atoms with van der Waals surface area (Å²) in [4.78, 5) is 12.3. The molecule has 1 amide bonds. The van der Waals surface area contributed by atoms with Gasteiger partial charge in [-0.1, -0.05) is 12.1 Å². The lowest BCUT2D eigenvalue weighted by Gasteiger charge is -2.26. The Bertz CT molecular complexity index is 486. The van der Waals surface area contributed by atoms with Crippen LogP contribution in [0.2, 0.25) is 0 Å². The highest BCUT2D eigenvalue weighted by atomic mass is 16.3. The Hall–Kier alpha value is -1.39.